The van der Waals surface area contributed by atoms with E-state index in [1.165, 1.54) is 0 Å². The standard InChI is InChI=1S/C20H28N4O2S/c1-14(2)20-17(5-4-10-26-20)24-19-11-18(22-13-23-19)21-12-15-6-8-16(9-7-15)27(3)25/h6-9,11,13-14,17,20H,4-5,10,12H2,1-3H3,(H2,21,22,23,24)/t17-,20-,27-/m0/s1. The average Bonchev–Trinajstić information content (AvgIpc) is 2.67. The second-order valence-corrected chi connectivity index (χ2v) is 8.59. The first-order chi connectivity index (χ1) is 13.0. The van der Waals surface area contributed by atoms with Crippen LogP contribution in [-0.4, -0.2) is 39.2 Å². The topological polar surface area (TPSA) is 76.1 Å². The van der Waals surface area contributed by atoms with Crippen molar-refractivity contribution in [2.45, 2.75) is 50.3 Å². The van der Waals surface area contributed by atoms with E-state index in [0.29, 0.717) is 12.5 Å². The quantitative estimate of drug-likeness (QED) is 0.757. The van der Waals surface area contributed by atoms with Gasteiger partial charge in [-0.2, -0.15) is 0 Å². The van der Waals surface area contributed by atoms with Crippen molar-refractivity contribution in [2.24, 2.45) is 5.92 Å². The Morgan fingerprint density at radius 1 is 1.22 bits per heavy atom. The van der Waals surface area contributed by atoms with Gasteiger partial charge in [0.25, 0.3) is 0 Å². The van der Waals surface area contributed by atoms with E-state index in [4.69, 9.17) is 4.74 Å². The van der Waals surface area contributed by atoms with Crippen molar-refractivity contribution in [3.8, 4) is 0 Å². The zero-order valence-electron chi connectivity index (χ0n) is 16.1. The van der Waals surface area contributed by atoms with Gasteiger partial charge in [-0.05, 0) is 36.5 Å². The van der Waals surface area contributed by atoms with Crippen molar-refractivity contribution in [2.75, 3.05) is 23.5 Å². The lowest BCUT2D eigenvalue weighted by atomic mass is 9.94. The first kappa shape index (κ1) is 19.8. The Kier molecular flexibility index (Phi) is 6.79. The number of nitrogens with zero attached hydrogens (tertiary/aromatic N) is 2. The lowest BCUT2D eigenvalue weighted by molar-refractivity contribution is -0.0203. The van der Waals surface area contributed by atoms with E-state index in [-0.39, 0.29) is 12.1 Å². The second kappa shape index (κ2) is 9.28. The monoisotopic (exact) mass is 388 g/mol. The van der Waals surface area contributed by atoms with Crippen molar-refractivity contribution >= 4 is 22.4 Å². The highest BCUT2D eigenvalue weighted by molar-refractivity contribution is 7.84. The summed E-state index contributed by atoms with van der Waals surface area (Å²) in [7, 11) is -0.950. The molecular weight excluding hydrogens is 360 g/mol. The van der Waals surface area contributed by atoms with Gasteiger partial charge in [0, 0.05) is 41.2 Å². The van der Waals surface area contributed by atoms with E-state index in [1.807, 2.05) is 30.3 Å². The van der Waals surface area contributed by atoms with Crippen molar-refractivity contribution in [3.05, 3.63) is 42.2 Å². The summed E-state index contributed by atoms with van der Waals surface area (Å²) in [6.07, 6.45) is 5.61. The molecule has 1 aromatic heterocycles. The van der Waals surface area contributed by atoms with Crippen molar-refractivity contribution in [3.63, 3.8) is 0 Å². The molecule has 1 aliphatic rings. The maximum absolute atomic E-state index is 11.5. The van der Waals surface area contributed by atoms with E-state index < -0.39 is 10.8 Å². The van der Waals surface area contributed by atoms with Crippen molar-refractivity contribution < 1.29 is 8.95 Å². The molecule has 3 rings (SSSR count). The highest BCUT2D eigenvalue weighted by Crippen LogP contribution is 2.24. The molecule has 0 bridgehead atoms. The summed E-state index contributed by atoms with van der Waals surface area (Å²) in [5, 5.41) is 6.84. The molecule has 6 nitrogen and oxygen atoms in total. The molecule has 0 amide bonds. The molecule has 1 aromatic carbocycles. The van der Waals surface area contributed by atoms with Crippen LogP contribution in [0.5, 0.6) is 0 Å². The molecule has 7 heteroatoms. The summed E-state index contributed by atoms with van der Waals surface area (Å²) >= 11 is 0. The highest BCUT2D eigenvalue weighted by atomic mass is 32.2. The summed E-state index contributed by atoms with van der Waals surface area (Å²) < 4.78 is 17.4. The van der Waals surface area contributed by atoms with E-state index >= 15 is 0 Å². The summed E-state index contributed by atoms with van der Waals surface area (Å²) in [6.45, 7) is 5.87. The van der Waals surface area contributed by atoms with Crippen LogP contribution in [0, 0.1) is 5.92 Å². The van der Waals surface area contributed by atoms with Crippen LogP contribution in [0.2, 0.25) is 0 Å². The minimum Gasteiger partial charge on any atom is -0.376 e. The van der Waals surface area contributed by atoms with Crippen LogP contribution >= 0.6 is 0 Å². The van der Waals surface area contributed by atoms with Gasteiger partial charge in [-0.3, -0.25) is 4.21 Å². The molecule has 2 aromatic rings. The minimum absolute atomic E-state index is 0.202. The predicted molar refractivity (Wildman–Crippen MR) is 109 cm³/mol. The number of hydrogen-bond donors (Lipinski definition) is 2. The van der Waals surface area contributed by atoms with Crippen LogP contribution in [0.25, 0.3) is 0 Å². The van der Waals surface area contributed by atoms with Crippen molar-refractivity contribution in [1.29, 1.82) is 0 Å². The molecule has 27 heavy (non-hydrogen) atoms. The molecular formula is C20H28N4O2S. The van der Waals surface area contributed by atoms with Gasteiger partial charge in [-0.25, -0.2) is 9.97 Å². The molecule has 1 saturated heterocycles. The smallest absolute Gasteiger partial charge is 0.131 e. The maximum Gasteiger partial charge on any atom is 0.131 e. The Labute approximate surface area is 163 Å². The molecule has 0 spiro atoms. The fraction of sp³-hybridized carbons (Fsp3) is 0.500. The van der Waals surface area contributed by atoms with Crippen LogP contribution in [0.1, 0.15) is 32.3 Å². The van der Waals surface area contributed by atoms with Crippen LogP contribution in [0.3, 0.4) is 0 Å². The molecule has 2 N–H and O–H groups in total. The lowest BCUT2D eigenvalue weighted by Crippen LogP contribution is -2.43. The second-order valence-electron chi connectivity index (χ2n) is 7.21. The number of hydrogen-bond acceptors (Lipinski definition) is 6. The van der Waals surface area contributed by atoms with E-state index in [2.05, 4.69) is 34.4 Å². The highest BCUT2D eigenvalue weighted by Gasteiger charge is 2.28. The zero-order valence-corrected chi connectivity index (χ0v) is 17.0. The molecule has 0 aliphatic carbocycles. The third-order valence-electron chi connectivity index (χ3n) is 4.75. The fourth-order valence-electron chi connectivity index (χ4n) is 3.33. The molecule has 1 fully saturated rings. The molecule has 0 saturated carbocycles. The molecule has 146 valence electrons. The van der Waals surface area contributed by atoms with Gasteiger partial charge in [-0.1, -0.05) is 26.0 Å². The lowest BCUT2D eigenvalue weighted by Gasteiger charge is -2.35. The van der Waals surface area contributed by atoms with Gasteiger partial charge in [0.05, 0.1) is 12.1 Å². The number of ether oxygens (including phenoxy) is 1. The van der Waals surface area contributed by atoms with E-state index in [9.17, 15) is 4.21 Å². The van der Waals surface area contributed by atoms with Crippen LogP contribution in [-0.2, 0) is 22.1 Å². The van der Waals surface area contributed by atoms with Gasteiger partial charge in [-0.15, -0.1) is 0 Å². The van der Waals surface area contributed by atoms with Crippen LogP contribution in [0.15, 0.2) is 41.6 Å². The minimum atomic E-state index is -0.950. The third kappa shape index (κ3) is 5.49. The maximum atomic E-state index is 11.5. The Morgan fingerprint density at radius 3 is 2.67 bits per heavy atom. The average molecular weight is 389 g/mol. The van der Waals surface area contributed by atoms with Gasteiger partial charge < -0.3 is 15.4 Å². The Morgan fingerprint density at radius 2 is 1.96 bits per heavy atom. The van der Waals surface area contributed by atoms with Crippen molar-refractivity contribution in [1.82, 2.24) is 9.97 Å². The van der Waals surface area contributed by atoms with Crippen LogP contribution < -0.4 is 10.6 Å². The zero-order chi connectivity index (χ0) is 19.2. The first-order valence-corrected chi connectivity index (χ1v) is 10.9. The molecule has 2 heterocycles. The first-order valence-electron chi connectivity index (χ1n) is 9.39. The Bertz CT molecular complexity index is 767. The van der Waals surface area contributed by atoms with Gasteiger partial charge in [0.15, 0.2) is 0 Å². The number of rotatable bonds is 7. The summed E-state index contributed by atoms with van der Waals surface area (Å²) in [4.78, 5) is 9.50. The normalized spacial score (nSPS) is 21.0. The number of aromatic nitrogens is 2. The van der Waals surface area contributed by atoms with Gasteiger partial charge >= 0.3 is 0 Å². The van der Waals surface area contributed by atoms with E-state index in [0.717, 1.165) is 41.5 Å². The molecule has 0 radical (unpaired) electrons. The summed E-state index contributed by atoms with van der Waals surface area (Å²) in [5.41, 5.74) is 1.11. The van der Waals surface area contributed by atoms with E-state index in [1.54, 1.807) is 12.6 Å². The number of benzene rings is 1. The molecule has 0 unspecified atom stereocenters. The fourth-order valence-corrected chi connectivity index (χ4v) is 3.85. The Hall–Kier alpha value is -1.99. The SMILES string of the molecule is CC(C)[C@@H]1OCCC[C@@H]1Nc1cc(NCc2ccc([S@](C)=O)cc2)ncn1. The van der Waals surface area contributed by atoms with Gasteiger partial charge in [0.1, 0.15) is 18.0 Å². The third-order valence-corrected chi connectivity index (χ3v) is 5.69. The van der Waals surface area contributed by atoms with Crippen LogP contribution in [0.4, 0.5) is 11.6 Å². The largest absolute Gasteiger partial charge is 0.376 e. The molecule has 3 atom stereocenters. The Balaban J connectivity index is 1.60. The summed E-state index contributed by atoms with van der Waals surface area (Å²) in [5.74, 6) is 2.04. The number of nitrogens with one attached hydrogen (secondary N) is 2. The predicted octanol–water partition coefficient (Wildman–Crippen LogP) is 3.44. The summed E-state index contributed by atoms with van der Waals surface area (Å²) in [6, 6.07) is 9.96. The van der Waals surface area contributed by atoms with Gasteiger partial charge in [0.2, 0.25) is 0 Å². The number of anilines is 2. The molecule has 1 aliphatic heterocycles.